The van der Waals surface area contributed by atoms with Crippen LogP contribution in [0, 0.1) is 18.7 Å². The molecular weight excluding hydrogens is 683 g/mol. The first-order valence-electron chi connectivity index (χ1n) is 15.2. The molecule has 0 heterocycles. The van der Waals surface area contributed by atoms with Crippen molar-refractivity contribution in [2.24, 2.45) is 0 Å². The zero-order chi connectivity index (χ0) is 29.6. The molecule has 1 atom stereocenters. The standard InChI is InChI=1S/C41H33Si.2ClH.Zr/c1-24-17-18-30-28(19-24)22-38-37(30)23-39(42(4)5)26(3)41(38)40-25(2)20-35-33(15-10-16-34(35)40)36-21-27-11-6-7-12-29(27)31-13-8-9-14-32(31)36;;;/h6-21,23,40H,1-5H3;2*1H;/q;;;+2/p-2. The van der Waals surface area contributed by atoms with Gasteiger partial charge in [0.1, 0.15) is 0 Å². The molecule has 45 heavy (non-hydrogen) atoms. The van der Waals surface area contributed by atoms with Gasteiger partial charge in [-0.2, -0.15) is 0 Å². The molecule has 0 radical (unpaired) electrons. The van der Waals surface area contributed by atoms with Crippen LogP contribution < -0.4 is 30.0 Å². The van der Waals surface area contributed by atoms with Gasteiger partial charge in [-0.1, -0.05) is 6.07 Å². The fourth-order valence-electron chi connectivity index (χ4n) is 7.85. The average molecular weight is 716 g/mol. The van der Waals surface area contributed by atoms with E-state index in [0.717, 1.165) is 0 Å². The molecule has 0 fully saturated rings. The van der Waals surface area contributed by atoms with E-state index in [-0.39, 0.29) is 30.7 Å². The van der Waals surface area contributed by atoms with Gasteiger partial charge in [0, 0.05) is 0 Å². The van der Waals surface area contributed by atoms with Crippen molar-refractivity contribution in [2.75, 3.05) is 0 Å². The van der Waals surface area contributed by atoms with Gasteiger partial charge >= 0.3 is 266 Å². The Labute approximate surface area is 294 Å². The van der Waals surface area contributed by atoms with Crippen LogP contribution in [0.2, 0.25) is 13.1 Å². The Balaban J connectivity index is 0.00000179. The molecule has 4 heteroatoms. The summed E-state index contributed by atoms with van der Waals surface area (Å²) in [6.07, 6.45) is 2.50. The van der Waals surface area contributed by atoms with E-state index in [9.17, 15) is 0 Å². The van der Waals surface area contributed by atoms with Crippen molar-refractivity contribution in [3.63, 3.8) is 0 Å². The first-order chi connectivity index (χ1) is 20.8. The normalized spacial score (nSPS) is 14.4. The van der Waals surface area contributed by atoms with Crippen molar-refractivity contribution >= 4 is 39.3 Å². The number of rotatable bonds is 2. The zero-order valence-electron chi connectivity index (χ0n) is 26.1. The number of hydrogen-bond acceptors (Lipinski definition) is 0. The molecule has 8 rings (SSSR count). The van der Waals surface area contributed by atoms with Crippen molar-refractivity contribution < 1.29 is 49.5 Å². The number of allylic oxidation sites excluding steroid dienone is 1. The maximum atomic E-state index is 2.56. The van der Waals surface area contributed by atoms with Crippen LogP contribution in [0.1, 0.15) is 46.2 Å². The third kappa shape index (κ3) is 4.83. The van der Waals surface area contributed by atoms with E-state index < -0.39 is 8.41 Å². The van der Waals surface area contributed by atoms with E-state index in [1.54, 1.807) is 10.4 Å². The van der Waals surface area contributed by atoms with Crippen LogP contribution in [-0.4, -0.2) is 8.41 Å². The van der Waals surface area contributed by atoms with Gasteiger partial charge in [-0.25, -0.2) is 0 Å². The molecular formula is C41H33Cl2SiZr. The van der Waals surface area contributed by atoms with Gasteiger partial charge in [0.25, 0.3) is 0 Å². The molecule has 0 aromatic heterocycles. The molecule has 0 saturated heterocycles. The summed E-state index contributed by atoms with van der Waals surface area (Å²) in [5.74, 6) is 0.266. The largest absolute Gasteiger partial charge is 1.00 e. The summed E-state index contributed by atoms with van der Waals surface area (Å²) < 4.78 is 1.52. The van der Waals surface area contributed by atoms with E-state index in [1.807, 2.05) is 0 Å². The minimum absolute atomic E-state index is 0. The summed E-state index contributed by atoms with van der Waals surface area (Å²) in [7, 11) is -0.652. The Bertz CT molecular complexity index is 2360. The van der Waals surface area contributed by atoms with Crippen LogP contribution in [-0.2, 0) is 24.7 Å². The number of aryl methyl sites for hydroxylation is 1. The SMILES string of the molecule is CC1=Cc2c(-c3cc4ccccc4c4ccccc34)cccc2C1c1c(C)c(=[Si](C)C)cc2c1=[C]([Zr+2])c1cc(C)ccc1-2.[Cl-].[Cl-]. The smallest absolute Gasteiger partial charge is 1.00 e. The zero-order valence-corrected chi connectivity index (χ0v) is 31.1. The summed E-state index contributed by atoms with van der Waals surface area (Å²) in [4.78, 5) is 1.58. The number of benzene rings is 6. The molecule has 6 aromatic carbocycles. The minimum Gasteiger partial charge on any atom is -1.00 e. The molecule has 2 aliphatic carbocycles. The average Bonchev–Trinajstić information content (AvgIpc) is 3.49. The van der Waals surface area contributed by atoms with Gasteiger partial charge in [0.2, 0.25) is 0 Å². The third-order valence-electron chi connectivity index (χ3n) is 9.78. The Morgan fingerprint density at radius 3 is 2.09 bits per heavy atom. The summed E-state index contributed by atoms with van der Waals surface area (Å²) >= 11 is 1.50. The Kier molecular flexibility index (Phi) is 8.59. The monoisotopic (exact) mass is 713 g/mol. The second-order valence-corrected chi connectivity index (χ2v) is 16.4. The minimum atomic E-state index is -0.652. The van der Waals surface area contributed by atoms with Crippen molar-refractivity contribution in [1.82, 2.24) is 0 Å². The van der Waals surface area contributed by atoms with E-state index >= 15 is 0 Å². The molecule has 1 unspecified atom stereocenters. The molecule has 219 valence electrons. The van der Waals surface area contributed by atoms with E-state index in [4.69, 9.17) is 0 Å². The first-order valence-corrected chi connectivity index (χ1v) is 19.0. The van der Waals surface area contributed by atoms with Crippen LogP contribution in [0.25, 0.3) is 53.2 Å². The van der Waals surface area contributed by atoms with Crippen LogP contribution in [0.5, 0.6) is 0 Å². The molecule has 2 aliphatic rings. The predicted molar refractivity (Wildman–Crippen MR) is 182 cm³/mol. The quantitative estimate of drug-likeness (QED) is 0.187. The van der Waals surface area contributed by atoms with Gasteiger partial charge in [-0.3, -0.25) is 0 Å². The molecule has 0 bridgehead atoms. The molecule has 0 spiro atoms. The van der Waals surface area contributed by atoms with Gasteiger partial charge in [0.15, 0.2) is 0 Å². The summed E-state index contributed by atoms with van der Waals surface area (Å²) in [6.45, 7) is 11.9. The van der Waals surface area contributed by atoms with E-state index in [0.29, 0.717) is 0 Å². The fourth-order valence-corrected chi connectivity index (χ4v) is 10.3. The van der Waals surface area contributed by atoms with Crippen LogP contribution >= 0.6 is 0 Å². The van der Waals surface area contributed by atoms with Gasteiger partial charge in [0.05, 0.1) is 0 Å². The molecule has 0 N–H and O–H groups in total. The van der Waals surface area contributed by atoms with Crippen molar-refractivity contribution in [3.8, 4) is 22.3 Å². The second-order valence-electron chi connectivity index (χ2n) is 12.6. The summed E-state index contributed by atoms with van der Waals surface area (Å²) in [6, 6.07) is 36.8. The van der Waals surface area contributed by atoms with Crippen LogP contribution in [0.3, 0.4) is 0 Å². The van der Waals surface area contributed by atoms with Crippen LogP contribution in [0.15, 0.2) is 103 Å². The Hall–Kier alpha value is -2.87. The summed E-state index contributed by atoms with van der Waals surface area (Å²) in [5, 5.41) is 6.78. The number of fused-ring (bicyclic) bond motifs is 7. The Morgan fingerprint density at radius 1 is 0.622 bits per heavy atom. The van der Waals surface area contributed by atoms with E-state index in [1.165, 1.54) is 110 Å². The van der Waals surface area contributed by atoms with Crippen molar-refractivity contribution in [1.29, 1.82) is 0 Å². The number of halogens is 2. The van der Waals surface area contributed by atoms with Crippen molar-refractivity contribution in [2.45, 2.75) is 39.8 Å². The van der Waals surface area contributed by atoms with Crippen molar-refractivity contribution in [3.05, 3.63) is 146 Å². The Morgan fingerprint density at radius 2 is 1.33 bits per heavy atom. The molecule has 0 aliphatic heterocycles. The topological polar surface area (TPSA) is 0 Å². The fraction of sp³-hybridized carbons (Fsp3) is 0.146. The first kappa shape index (κ1) is 32.1. The van der Waals surface area contributed by atoms with Gasteiger partial charge < -0.3 is 24.8 Å². The van der Waals surface area contributed by atoms with E-state index in [2.05, 4.69) is 137 Å². The van der Waals surface area contributed by atoms with Gasteiger partial charge in [-0.15, -0.1) is 0 Å². The summed E-state index contributed by atoms with van der Waals surface area (Å²) in [5.41, 5.74) is 15.7. The molecule has 0 saturated carbocycles. The van der Waals surface area contributed by atoms with Gasteiger partial charge in [-0.05, 0) is 0 Å². The molecule has 0 amide bonds. The maximum absolute atomic E-state index is 2.56. The second kappa shape index (κ2) is 12.1. The van der Waals surface area contributed by atoms with Crippen LogP contribution in [0.4, 0.5) is 0 Å². The number of hydrogen-bond donors (Lipinski definition) is 0. The third-order valence-corrected chi connectivity index (χ3v) is 12.7. The maximum Gasteiger partial charge on any atom is -1.00 e. The molecule has 6 aromatic rings. The predicted octanol–water partition coefficient (Wildman–Crippen LogP) is 4.10. The molecule has 0 nitrogen and oxygen atoms in total.